The van der Waals surface area contributed by atoms with Crippen LogP contribution in [0.2, 0.25) is 0 Å². The lowest BCUT2D eigenvalue weighted by molar-refractivity contribution is 0.660. The van der Waals surface area contributed by atoms with Crippen molar-refractivity contribution in [1.82, 2.24) is 9.55 Å². The molecule has 0 N–H and O–H groups in total. The summed E-state index contributed by atoms with van der Waals surface area (Å²) in [6.45, 7) is 5.11. The lowest BCUT2D eigenvalue weighted by Gasteiger charge is -2.23. The Morgan fingerprint density at radius 2 is 1.24 bits per heavy atom. The molecule has 2 heteroatoms. The fourth-order valence-corrected chi connectivity index (χ4v) is 6.72. The highest BCUT2D eigenvalue weighted by atomic mass is 15.1. The summed E-state index contributed by atoms with van der Waals surface area (Å²) in [5, 5.41) is -0.735. The van der Waals surface area contributed by atoms with Crippen molar-refractivity contribution in [2.75, 3.05) is 0 Å². The Balaban J connectivity index is 1.51. The van der Waals surface area contributed by atoms with Gasteiger partial charge in [0.2, 0.25) is 0 Å². The van der Waals surface area contributed by atoms with Crippen molar-refractivity contribution in [3.63, 3.8) is 0 Å². The highest BCUT2D eigenvalue weighted by Gasteiger charge is 2.35. The van der Waals surface area contributed by atoms with Crippen molar-refractivity contribution < 1.29 is 20.6 Å². The minimum absolute atomic E-state index is 0.0192. The molecule has 1 heterocycles. The number of aryl methyl sites for hydroxylation is 1. The molecule has 0 spiro atoms. The molecule has 0 unspecified atom stereocenters. The summed E-state index contributed by atoms with van der Waals surface area (Å²) in [4.78, 5) is 4.69. The number of benzene rings is 7. The molecule has 1 aliphatic carbocycles. The summed E-state index contributed by atoms with van der Waals surface area (Å²) in [7, 11) is 0. The molecule has 2 nitrogen and oxygen atoms in total. The Morgan fingerprint density at radius 1 is 0.622 bits per heavy atom. The molecule has 1 aromatic heterocycles. The van der Waals surface area contributed by atoms with Crippen LogP contribution in [0.5, 0.6) is 0 Å². The molecule has 0 saturated carbocycles. The molecule has 0 aliphatic heterocycles. The summed E-state index contributed by atoms with van der Waals surface area (Å²) >= 11 is 0. The van der Waals surface area contributed by atoms with Gasteiger partial charge in [-0.25, -0.2) is 4.98 Å². The topological polar surface area (TPSA) is 17.8 Å². The van der Waals surface area contributed by atoms with Crippen molar-refractivity contribution >= 4 is 32.6 Å². The fraction of sp³-hybridized carbons (Fsp3) is 0.0930. The number of rotatable bonds is 3. The minimum atomic E-state index is -1.35. The first-order valence-corrected chi connectivity index (χ1v) is 14.5. The van der Waals surface area contributed by atoms with Gasteiger partial charge >= 0.3 is 0 Å². The second kappa shape index (κ2) is 9.51. The Morgan fingerprint density at radius 3 is 1.98 bits per heavy atom. The van der Waals surface area contributed by atoms with Crippen LogP contribution < -0.4 is 0 Å². The summed E-state index contributed by atoms with van der Waals surface area (Å²) in [5.41, 5.74) is 0.692. The van der Waals surface area contributed by atoms with Crippen LogP contribution in [0.3, 0.4) is 0 Å². The van der Waals surface area contributed by atoms with Gasteiger partial charge in [0, 0.05) is 11.1 Å². The Kier molecular flexibility index (Phi) is 3.17. The lowest BCUT2D eigenvalue weighted by Crippen LogP contribution is -2.14. The number of aromatic nitrogens is 2. The van der Waals surface area contributed by atoms with E-state index < -0.39 is 90.0 Å². The molecule has 0 atom stereocenters. The van der Waals surface area contributed by atoms with Crippen LogP contribution in [0.15, 0.2) is 139 Å². The summed E-state index contributed by atoms with van der Waals surface area (Å²) < 4.78 is 138. The second-order valence-corrected chi connectivity index (χ2v) is 11.7. The van der Waals surface area contributed by atoms with Crippen LogP contribution in [-0.4, -0.2) is 9.55 Å². The number of nitrogens with zero attached hydrogens (tertiary/aromatic N) is 2. The van der Waals surface area contributed by atoms with Crippen molar-refractivity contribution in [1.29, 1.82) is 0 Å². The third-order valence-corrected chi connectivity index (χ3v) is 8.75. The predicted molar refractivity (Wildman–Crippen MR) is 189 cm³/mol. The van der Waals surface area contributed by atoms with E-state index in [1.165, 1.54) is 0 Å². The van der Waals surface area contributed by atoms with Crippen LogP contribution in [0.25, 0.3) is 71.6 Å². The highest BCUT2D eigenvalue weighted by molar-refractivity contribution is 6.21. The average molecular weight is 592 g/mol. The smallest absolute Gasteiger partial charge is 0.111 e. The van der Waals surface area contributed by atoms with Gasteiger partial charge in [-0.15, -0.1) is 0 Å². The van der Waals surface area contributed by atoms with Crippen molar-refractivity contribution in [3.8, 4) is 39.1 Å². The maximum absolute atomic E-state index is 9.87. The maximum atomic E-state index is 9.87. The molecule has 8 aromatic rings. The van der Waals surface area contributed by atoms with Crippen LogP contribution in [0, 0.1) is 6.92 Å². The van der Waals surface area contributed by atoms with Crippen LogP contribution in [-0.2, 0) is 5.41 Å². The Bertz CT molecular complexity index is 3230. The van der Waals surface area contributed by atoms with Gasteiger partial charge in [-0.3, -0.25) is 4.57 Å². The number of fused-ring (bicyclic) bond motifs is 6. The van der Waals surface area contributed by atoms with Crippen molar-refractivity contribution in [3.05, 3.63) is 156 Å². The third-order valence-electron chi connectivity index (χ3n) is 8.75. The van der Waals surface area contributed by atoms with E-state index >= 15 is 0 Å². The van der Waals surface area contributed by atoms with Crippen molar-refractivity contribution in [2.45, 2.75) is 26.2 Å². The average Bonchev–Trinajstić information content (AvgIpc) is 3.70. The van der Waals surface area contributed by atoms with Gasteiger partial charge in [0.25, 0.3) is 0 Å². The van der Waals surface area contributed by atoms with E-state index in [0.29, 0.717) is 17.1 Å². The van der Waals surface area contributed by atoms with Crippen molar-refractivity contribution in [2.24, 2.45) is 0 Å². The Labute approximate surface area is 284 Å². The predicted octanol–water partition coefficient (Wildman–Crippen LogP) is 11.3. The Hall–Kier alpha value is -5.47. The fourth-order valence-electron chi connectivity index (χ4n) is 6.72. The summed E-state index contributed by atoms with van der Waals surface area (Å²) in [5.74, 6) is 0.647. The largest absolute Gasteiger partial charge is 0.297 e. The van der Waals surface area contributed by atoms with Gasteiger partial charge in [0.15, 0.2) is 0 Å². The van der Waals surface area contributed by atoms with E-state index in [0.717, 1.165) is 11.0 Å². The number of hydrogen-bond acceptors (Lipinski definition) is 1. The quantitative estimate of drug-likeness (QED) is 0.187. The van der Waals surface area contributed by atoms with E-state index in [9.17, 15) is 9.60 Å². The molecule has 7 aromatic carbocycles. The van der Waals surface area contributed by atoms with E-state index in [-0.39, 0.29) is 66.5 Å². The van der Waals surface area contributed by atoms with Crippen LogP contribution in [0.1, 0.15) is 51.4 Å². The normalized spacial score (nSPS) is 18.1. The first kappa shape index (κ1) is 15.0. The number of para-hydroxylation sites is 2. The molecule has 0 saturated heterocycles. The zero-order chi connectivity index (χ0) is 43.3. The van der Waals surface area contributed by atoms with Crippen LogP contribution >= 0.6 is 0 Å². The first-order chi connectivity index (χ1) is 28.2. The maximum Gasteiger partial charge on any atom is 0.111 e. The summed E-state index contributed by atoms with van der Waals surface area (Å²) in [6.07, 6.45) is 0. The molecule has 9 rings (SSSR count). The van der Waals surface area contributed by atoms with E-state index in [2.05, 4.69) is 0 Å². The standard InChI is InChI=1S/C43H32N2/c1-27-44-39-21-10-11-22-40(39)45(27)30-14-12-13-28(25-30)41-33-16-4-6-18-35(33)42(36-19-7-5-17-34(36)41)29-23-24-32-31-15-8-9-20-37(31)43(2,3)38(32)26-29/h4-26H,1-3H3/i4D,5D,6D,7D,8D,9D,15D,16D,17D,18D,19D,20D,23D,24D,26D. The molecule has 0 bridgehead atoms. The molecule has 0 amide bonds. The van der Waals surface area contributed by atoms with Gasteiger partial charge < -0.3 is 0 Å². The molecular formula is C43H32N2. The molecule has 1 aliphatic rings. The second-order valence-electron chi connectivity index (χ2n) is 11.7. The number of hydrogen-bond donors (Lipinski definition) is 0. The van der Waals surface area contributed by atoms with Gasteiger partial charge in [-0.05, 0) is 103 Å². The van der Waals surface area contributed by atoms with E-state index in [1.54, 1.807) is 32.0 Å². The minimum Gasteiger partial charge on any atom is -0.297 e. The lowest BCUT2D eigenvalue weighted by atomic mass is 9.80. The zero-order valence-electron chi connectivity index (χ0n) is 39.5. The van der Waals surface area contributed by atoms with Gasteiger partial charge in [-0.2, -0.15) is 0 Å². The molecule has 214 valence electrons. The van der Waals surface area contributed by atoms with E-state index in [1.807, 2.05) is 41.8 Å². The monoisotopic (exact) mass is 591 g/mol. The highest BCUT2D eigenvalue weighted by Crippen LogP contribution is 2.51. The van der Waals surface area contributed by atoms with Crippen LogP contribution in [0.4, 0.5) is 0 Å². The molecule has 0 radical (unpaired) electrons. The summed E-state index contributed by atoms with van der Waals surface area (Å²) in [6, 6.07) is 6.17. The van der Waals surface area contributed by atoms with Gasteiger partial charge in [0.1, 0.15) is 5.82 Å². The SMILES string of the molecule is [2H]c1c([2H])c([2H])c2c(c1[2H])-c1c([2H])c([2H])c(-c3c4c([2H])c([2H])c([2H])c([2H])c4c(-c4cccc(-n5c(C)nc6ccccc65)c4)c4c([2H])c([2H])c([2H])c([2H])c34)c([2H])c1C2(C)C. The third kappa shape index (κ3) is 3.72. The zero-order valence-corrected chi connectivity index (χ0v) is 24.5. The molecule has 0 fully saturated rings. The first-order valence-electron chi connectivity index (χ1n) is 22.0. The van der Waals surface area contributed by atoms with Gasteiger partial charge in [0.05, 0.1) is 31.6 Å². The van der Waals surface area contributed by atoms with Gasteiger partial charge in [-0.1, -0.05) is 123 Å². The van der Waals surface area contributed by atoms with E-state index in [4.69, 9.17) is 16.0 Å². The molecular weight excluding hydrogens is 544 g/mol. The number of imidazole rings is 1. The molecule has 45 heavy (non-hydrogen) atoms.